The Labute approximate surface area is 115 Å². The molecular formula is C14H23NO3S. The summed E-state index contributed by atoms with van der Waals surface area (Å²) in [4.78, 5) is 0.200. The Morgan fingerprint density at radius 3 is 2.47 bits per heavy atom. The van der Waals surface area contributed by atoms with Crippen molar-refractivity contribution in [3.05, 3.63) is 29.3 Å². The van der Waals surface area contributed by atoms with E-state index in [1.807, 2.05) is 27.7 Å². The largest absolute Gasteiger partial charge is 0.392 e. The maximum atomic E-state index is 12.3. The summed E-state index contributed by atoms with van der Waals surface area (Å²) in [5, 5.41) is 9.21. The standard InChI is InChI=1S/C14H23NO3S/c1-5-8-14(3,4)15-19(17,18)13-7-6-11(2)12(9-13)10-16/h6-7,9,15-16H,5,8,10H2,1-4H3. The van der Waals surface area contributed by atoms with Crippen molar-refractivity contribution in [3.8, 4) is 0 Å². The molecule has 0 heterocycles. The summed E-state index contributed by atoms with van der Waals surface area (Å²) in [6.45, 7) is 7.44. The molecule has 2 N–H and O–H groups in total. The number of hydrogen-bond acceptors (Lipinski definition) is 3. The molecule has 0 radical (unpaired) electrons. The first-order valence-corrected chi connectivity index (χ1v) is 7.94. The summed E-state index contributed by atoms with van der Waals surface area (Å²) in [6, 6.07) is 4.81. The van der Waals surface area contributed by atoms with Crippen LogP contribution < -0.4 is 4.72 Å². The Kier molecular flexibility index (Phi) is 5.12. The highest BCUT2D eigenvalue weighted by Gasteiger charge is 2.25. The van der Waals surface area contributed by atoms with Crippen LogP contribution in [0.15, 0.2) is 23.1 Å². The number of aryl methyl sites for hydroxylation is 1. The molecule has 0 bridgehead atoms. The molecule has 0 aliphatic heterocycles. The van der Waals surface area contributed by atoms with Crippen molar-refractivity contribution in [1.29, 1.82) is 0 Å². The second-order valence-corrected chi connectivity index (χ2v) is 7.17. The molecule has 0 atom stereocenters. The predicted molar refractivity (Wildman–Crippen MR) is 76.4 cm³/mol. The van der Waals surface area contributed by atoms with Gasteiger partial charge in [0.25, 0.3) is 0 Å². The zero-order chi connectivity index (χ0) is 14.7. The van der Waals surface area contributed by atoms with Crippen molar-refractivity contribution < 1.29 is 13.5 Å². The van der Waals surface area contributed by atoms with Gasteiger partial charge in [-0.15, -0.1) is 0 Å². The van der Waals surface area contributed by atoms with E-state index in [2.05, 4.69) is 4.72 Å². The quantitative estimate of drug-likeness (QED) is 0.843. The third-order valence-corrected chi connectivity index (χ3v) is 4.78. The molecule has 0 amide bonds. The van der Waals surface area contributed by atoms with Gasteiger partial charge in [0.2, 0.25) is 10.0 Å². The van der Waals surface area contributed by atoms with E-state index >= 15 is 0 Å². The number of aliphatic hydroxyl groups is 1. The molecule has 1 rings (SSSR count). The summed E-state index contributed by atoms with van der Waals surface area (Å²) in [6.07, 6.45) is 1.68. The highest BCUT2D eigenvalue weighted by atomic mass is 32.2. The third kappa shape index (κ3) is 4.30. The molecule has 108 valence electrons. The van der Waals surface area contributed by atoms with E-state index in [0.29, 0.717) is 5.56 Å². The van der Waals surface area contributed by atoms with E-state index in [0.717, 1.165) is 18.4 Å². The van der Waals surface area contributed by atoms with Crippen molar-refractivity contribution in [2.75, 3.05) is 0 Å². The lowest BCUT2D eigenvalue weighted by atomic mass is 10.0. The maximum Gasteiger partial charge on any atom is 0.241 e. The third-order valence-electron chi connectivity index (χ3n) is 3.09. The molecule has 1 aromatic rings. The van der Waals surface area contributed by atoms with Gasteiger partial charge in [-0.2, -0.15) is 0 Å². The van der Waals surface area contributed by atoms with Crippen molar-refractivity contribution >= 4 is 10.0 Å². The van der Waals surface area contributed by atoms with Crippen molar-refractivity contribution in [3.63, 3.8) is 0 Å². The fraction of sp³-hybridized carbons (Fsp3) is 0.571. The number of aliphatic hydroxyl groups excluding tert-OH is 1. The molecule has 1 aromatic carbocycles. The second-order valence-electron chi connectivity index (χ2n) is 5.49. The summed E-state index contributed by atoms with van der Waals surface area (Å²) >= 11 is 0. The van der Waals surface area contributed by atoms with Gasteiger partial charge >= 0.3 is 0 Å². The molecule has 0 saturated heterocycles. The minimum absolute atomic E-state index is 0.159. The number of sulfonamides is 1. The maximum absolute atomic E-state index is 12.3. The summed E-state index contributed by atoms with van der Waals surface area (Å²) < 4.78 is 27.3. The van der Waals surface area contributed by atoms with Gasteiger partial charge in [-0.1, -0.05) is 19.4 Å². The molecule has 0 aromatic heterocycles. The van der Waals surface area contributed by atoms with Crippen molar-refractivity contribution in [1.82, 2.24) is 4.72 Å². The van der Waals surface area contributed by atoms with Gasteiger partial charge < -0.3 is 5.11 Å². The van der Waals surface area contributed by atoms with Crippen molar-refractivity contribution in [2.24, 2.45) is 0 Å². The van der Waals surface area contributed by atoms with Crippen LogP contribution in [0.2, 0.25) is 0 Å². The molecule has 0 spiro atoms. The van der Waals surface area contributed by atoms with Crippen LogP contribution >= 0.6 is 0 Å². The van der Waals surface area contributed by atoms with Gasteiger partial charge in [-0.05, 0) is 50.5 Å². The van der Waals surface area contributed by atoms with Crippen LogP contribution in [0.5, 0.6) is 0 Å². The van der Waals surface area contributed by atoms with Gasteiger partial charge in [0, 0.05) is 5.54 Å². The average molecular weight is 285 g/mol. The molecule has 19 heavy (non-hydrogen) atoms. The molecular weight excluding hydrogens is 262 g/mol. The Morgan fingerprint density at radius 1 is 1.32 bits per heavy atom. The van der Waals surface area contributed by atoms with E-state index in [1.54, 1.807) is 12.1 Å². The van der Waals surface area contributed by atoms with Crippen LogP contribution in [-0.4, -0.2) is 19.1 Å². The average Bonchev–Trinajstić information content (AvgIpc) is 2.27. The summed E-state index contributed by atoms with van der Waals surface area (Å²) in [5.74, 6) is 0. The first-order chi connectivity index (χ1) is 8.72. The number of benzene rings is 1. The normalized spacial score (nSPS) is 12.7. The van der Waals surface area contributed by atoms with Gasteiger partial charge in [0.1, 0.15) is 0 Å². The molecule has 0 aliphatic carbocycles. The van der Waals surface area contributed by atoms with E-state index in [4.69, 9.17) is 0 Å². The van der Waals surface area contributed by atoms with Gasteiger partial charge in [-0.25, -0.2) is 13.1 Å². The summed E-state index contributed by atoms with van der Waals surface area (Å²) in [7, 11) is -3.55. The van der Waals surface area contributed by atoms with Crippen LogP contribution in [0.4, 0.5) is 0 Å². The minimum atomic E-state index is -3.55. The summed E-state index contributed by atoms with van der Waals surface area (Å²) in [5.41, 5.74) is 1.04. The van der Waals surface area contributed by atoms with Crippen LogP contribution in [0.3, 0.4) is 0 Å². The Hall–Kier alpha value is -0.910. The van der Waals surface area contributed by atoms with Gasteiger partial charge in [0.05, 0.1) is 11.5 Å². The zero-order valence-electron chi connectivity index (χ0n) is 12.0. The number of rotatable bonds is 6. The molecule has 0 fully saturated rings. The lowest BCUT2D eigenvalue weighted by Gasteiger charge is -2.25. The van der Waals surface area contributed by atoms with Crippen LogP contribution in [0.1, 0.15) is 44.7 Å². The fourth-order valence-electron chi connectivity index (χ4n) is 2.08. The van der Waals surface area contributed by atoms with Crippen LogP contribution in [0, 0.1) is 6.92 Å². The number of hydrogen-bond donors (Lipinski definition) is 2. The topological polar surface area (TPSA) is 66.4 Å². The Balaban J connectivity index is 3.07. The zero-order valence-corrected chi connectivity index (χ0v) is 12.8. The van der Waals surface area contributed by atoms with E-state index in [1.165, 1.54) is 6.07 Å². The Bertz CT molecular complexity index is 536. The van der Waals surface area contributed by atoms with E-state index in [9.17, 15) is 13.5 Å². The highest BCUT2D eigenvalue weighted by Crippen LogP contribution is 2.19. The first-order valence-electron chi connectivity index (χ1n) is 6.46. The predicted octanol–water partition coefficient (Wildman–Crippen LogP) is 2.34. The van der Waals surface area contributed by atoms with E-state index < -0.39 is 15.6 Å². The molecule has 0 aliphatic rings. The highest BCUT2D eigenvalue weighted by molar-refractivity contribution is 7.89. The second kappa shape index (κ2) is 6.03. The van der Waals surface area contributed by atoms with Gasteiger partial charge in [-0.3, -0.25) is 0 Å². The molecule has 5 heteroatoms. The fourth-order valence-corrected chi connectivity index (χ4v) is 3.58. The smallest absolute Gasteiger partial charge is 0.241 e. The lowest BCUT2D eigenvalue weighted by Crippen LogP contribution is -2.43. The molecule has 0 unspecified atom stereocenters. The van der Waals surface area contributed by atoms with E-state index in [-0.39, 0.29) is 11.5 Å². The minimum Gasteiger partial charge on any atom is -0.392 e. The monoisotopic (exact) mass is 285 g/mol. The van der Waals surface area contributed by atoms with Crippen LogP contribution in [-0.2, 0) is 16.6 Å². The lowest BCUT2D eigenvalue weighted by molar-refractivity contribution is 0.280. The SMILES string of the molecule is CCCC(C)(C)NS(=O)(=O)c1ccc(C)c(CO)c1. The Morgan fingerprint density at radius 2 is 1.95 bits per heavy atom. The first kappa shape index (κ1) is 16.1. The molecule has 4 nitrogen and oxygen atoms in total. The van der Waals surface area contributed by atoms with Gasteiger partial charge in [0.15, 0.2) is 0 Å². The number of nitrogens with one attached hydrogen (secondary N) is 1. The van der Waals surface area contributed by atoms with Crippen LogP contribution in [0.25, 0.3) is 0 Å². The molecule has 0 saturated carbocycles. The van der Waals surface area contributed by atoms with Crippen molar-refractivity contribution in [2.45, 2.75) is 57.6 Å².